The molecule has 2 N–H and O–H groups in total. The van der Waals surface area contributed by atoms with Crippen LogP contribution in [0.25, 0.3) is 0 Å². The fraction of sp³-hybridized carbons (Fsp3) is 0.467. The number of nitrogens with one attached hydrogen (secondary N) is 2. The summed E-state index contributed by atoms with van der Waals surface area (Å²) in [6, 6.07) is 5.55. The maximum atomic E-state index is 11.3. The van der Waals surface area contributed by atoms with E-state index in [2.05, 4.69) is 20.3 Å². The molecule has 1 amide bonds. The summed E-state index contributed by atoms with van der Waals surface area (Å²) in [5.74, 6) is -0.212. The van der Waals surface area contributed by atoms with Crippen LogP contribution in [0.4, 0.5) is 11.4 Å². The number of ether oxygens (including phenoxy) is 2. The summed E-state index contributed by atoms with van der Waals surface area (Å²) in [4.78, 5) is 24.7. The van der Waals surface area contributed by atoms with E-state index in [4.69, 9.17) is 4.74 Å². The van der Waals surface area contributed by atoms with Crippen LogP contribution < -0.4 is 20.3 Å². The van der Waals surface area contributed by atoms with Crippen LogP contribution in [0.2, 0.25) is 0 Å². The van der Waals surface area contributed by atoms with Crippen LogP contribution in [-0.4, -0.2) is 51.8 Å². The topological polar surface area (TPSA) is 79.9 Å². The average molecular weight is 307 g/mol. The first-order chi connectivity index (χ1) is 10.6. The molecule has 1 aromatic rings. The number of amides is 1. The molecular weight excluding hydrogens is 286 g/mol. The highest BCUT2D eigenvalue weighted by molar-refractivity contribution is 5.91. The third-order valence-corrected chi connectivity index (χ3v) is 3.33. The van der Waals surface area contributed by atoms with Crippen LogP contribution in [0, 0.1) is 0 Å². The predicted octanol–water partition coefficient (Wildman–Crippen LogP) is 0.606. The maximum Gasteiger partial charge on any atom is 0.343 e. The molecule has 0 aliphatic carbocycles. The van der Waals surface area contributed by atoms with E-state index in [-0.39, 0.29) is 12.5 Å². The van der Waals surface area contributed by atoms with E-state index < -0.39 is 5.97 Å². The molecule has 0 unspecified atom stereocenters. The van der Waals surface area contributed by atoms with E-state index in [9.17, 15) is 9.59 Å². The molecule has 1 fully saturated rings. The van der Waals surface area contributed by atoms with Crippen LogP contribution in [-0.2, 0) is 14.3 Å². The zero-order valence-electron chi connectivity index (χ0n) is 12.8. The first-order valence-corrected chi connectivity index (χ1v) is 7.17. The molecule has 1 saturated heterocycles. The number of carbonyl (C=O) groups excluding carboxylic acids is 2. The first-order valence-electron chi connectivity index (χ1n) is 7.17. The van der Waals surface area contributed by atoms with Gasteiger partial charge in [0, 0.05) is 44.9 Å². The van der Waals surface area contributed by atoms with Crippen molar-refractivity contribution in [1.29, 1.82) is 0 Å². The summed E-state index contributed by atoms with van der Waals surface area (Å²) in [5, 5.41) is 5.99. The zero-order valence-corrected chi connectivity index (χ0v) is 12.8. The lowest BCUT2D eigenvalue weighted by atomic mass is 10.2. The highest BCUT2D eigenvalue weighted by atomic mass is 16.6. The Balaban J connectivity index is 2.19. The summed E-state index contributed by atoms with van der Waals surface area (Å²) in [7, 11) is 1.30. The first kappa shape index (κ1) is 16.1. The van der Waals surface area contributed by atoms with E-state index in [0.29, 0.717) is 11.4 Å². The average Bonchev–Trinajstić information content (AvgIpc) is 2.54. The van der Waals surface area contributed by atoms with Gasteiger partial charge in [-0.3, -0.25) is 4.79 Å². The van der Waals surface area contributed by atoms with Crippen LogP contribution in [0.15, 0.2) is 18.2 Å². The molecule has 7 nitrogen and oxygen atoms in total. The fourth-order valence-corrected chi connectivity index (χ4v) is 2.24. The normalized spacial score (nSPS) is 14.4. The molecule has 0 atom stereocenters. The monoisotopic (exact) mass is 307 g/mol. The fourth-order valence-electron chi connectivity index (χ4n) is 2.24. The number of rotatable bonds is 5. The molecule has 120 valence electrons. The lowest BCUT2D eigenvalue weighted by Gasteiger charge is -2.30. The van der Waals surface area contributed by atoms with Gasteiger partial charge in [-0.25, -0.2) is 4.79 Å². The molecule has 0 bridgehead atoms. The lowest BCUT2D eigenvalue weighted by Crippen LogP contribution is -2.43. The summed E-state index contributed by atoms with van der Waals surface area (Å²) in [6.07, 6.45) is 0. The van der Waals surface area contributed by atoms with Crippen LogP contribution in [0.3, 0.4) is 0 Å². The van der Waals surface area contributed by atoms with Gasteiger partial charge in [-0.15, -0.1) is 0 Å². The van der Waals surface area contributed by atoms with Gasteiger partial charge >= 0.3 is 5.97 Å². The third kappa shape index (κ3) is 4.36. The second-order valence-corrected chi connectivity index (χ2v) is 4.96. The minimum absolute atomic E-state index is 0.196. The van der Waals surface area contributed by atoms with Crippen molar-refractivity contribution in [3.05, 3.63) is 18.2 Å². The van der Waals surface area contributed by atoms with Gasteiger partial charge in [0.25, 0.3) is 0 Å². The summed E-state index contributed by atoms with van der Waals surface area (Å²) < 4.78 is 10.1. The number of methoxy groups -OCH3 is 1. The molecule has 22 heavy (non-hydrogen) atoms. The molecule has 1 aromatic carbocycles. The van der Waals surface area contributed by atoms with E-state index in [1.165, 1.54) is 14.0 Å². The Morgan fingerprint density at radius 1 is 1.32 bits per heavy atom. The minimum atomic E-state index is -0.471. The standard InChI is InChI=1S/C15H21N3O4/c1-11(19)17-13-4-3-12(18-7-5-16-6-8-18)9-14(13)22-10-15(20)21-2/h3-4,9,16H,5-8,10H2,1-2H3,(H,17,19). The van der Waals surface area contributed by atoms with Crippen molar-refractivity contribution in [3.63, 3.8) is 0 Å². The second kappa shape index (κ2) is 7.65. The Bertz CT molecular complexity index is 542. The van der Waals surface area contributed by atoms with E-state index in [1.54, 1.807) is 6.07 Å². The SMILES string of the molecule is COC(=O)COc1cc(N2CCNCC2)ccc1NC(C)=O. The van der Waals surface area contributed by atoms with Gasteiger partial charge < -0.3 is 25.0 Å². The molecule has 2 rings (SSSR count). The number of hydrogen-bond donors (Lipinski definition) is 2. The molecule has 7 heteroatoms. The van der Waals surface area contributed by atoms with Gasteiger partial charge in [-0.2, -0.15) is 0 Å². The number of anilines is 2. The van der Waals surface area contributed by atoms with E-state index in [0.717, 1.165) is 31.9 Å². The lowest BCUT2D eigenvalue weighted by molar-refractivity contribution is -0.142. The van der Waals surface area contributed by atoms with Gasteiger partial charge in [0.1, 0.15) is 5.75 Å². The number of carbonyl (C=O) groups is 2. The molecular formula is C15H21N3O4. The van der Waals surface area contributed by atoms with Crippen molar-refractivity contribution in [2.75, 3.05) is 50.1 Å². The Morgan fingerprint density at radius 2 is 2.05 bits per heavy atom. The highest BCUT2D eigenvalue weighted by Gasteiger charge is 2.14. The zero-order chi connectivity index (χ0) is 15.9. The van der Waals surface area contributed by atoms with Crippen molar-refractivity contribution in [1.82, 2.24) is 5.32 Å². The predicted molar refractivity (Wildman–Crippen MR) is 83.3 cm³/mol. The van der Waals surface area contributed by atoms with E-state index >= 15 is 0 Å². The number of hydrogen-bond acceptors (Lipinski definition) is 6. The molecule has 0 aromatic heterocycles. The smallest absolute Gasteiger partial charge is 0.343 e. The van der Waals surface area contributed by atoms with E-state index in [1.807, 2.05) is 12.1 Å². The largest absolute Gasteiger partial charge is 0.480 e. The van der Waals surface area contributed by atoms with Crippen LogP contribution >= 0.6 is 0 Å². The molecule has 1 aliphatic rings. The number of benzene rings is 1. The third-order valence-electron chi connectivity index (χ3n) is 3.33. The number of esters is 1. The maximum absolute atomic E-state index is 11.3. The molecule has 1 heterocycles. The van der Waals surface area contributed by atoms with Crippen molar-refractivity contribution in [2.45, 2.75) is 6.92 Å². The molecule has 0 saturated carbocycles. The second-order valence-electron chi connectivity index (χ2n) is 4.96. The van der Waals surface area contributed by atoms with Crippen molar-refractivity contribution in [3.8, 4) is 5.75 Å². The number of piperazine rings is 1. The van der Waals surface area contributed by atoms with Gasteiger partial charge in [0.2, 0.25) is 5.91 Å². The van der Waals surface area contributed by atoms with Crippen LogP contribution in [0.1, 0.15) is 6.92 Å². The highest BCUT2D eigenvalue weighted by Crippen LogP contribution is 2.30. The van der Waals surface area contributed by atoms with Crippen LogP contribution in [0.5, 0.6) is 5.75 Å². The van der Waals surface area contributed by atoms with Crippen molar-refractivity contribution >= 4 is 23.3 Å². The minimum Gasteiger partial charge on any atom is -0.480 e. The van der Waals surface area contributed by atoms with Gasteiger partial charge in [0.15, 0.2) is 6.61 Å². The van der Waals surface area contributed by atoms with Crippen molar-refractivity contribution in [2.24, 2.45) is 0 Å². The summed E-state index contributed by atoms with van der Waals surface area (Å²) in [6.45, 7) is 4.87. The number of nitrogens with zero attached hydrogens (tertiary/aromatic N) is 1. The molecule has 1 aliphatic heterocycles. The Kier molecular flexibility index (Phi) is 5.60. The Hall–Kier alpha value is -2.28. The van der Waals surface area contributed by atoms with Gasteiger partial charge in [0.05, 0.1) is 12.8 Å². The summed E-state index contributed by atoms with van der Waals surface area (Å²) in [5.41, 5.74) is 1.53. The Labute approximate surface area is 129 Å². The summed E-state index contributed by atoms with van der Waals surface area (Å²) >= 11 is 0. The van der Waals surface area contributed by atoms with Gasteiger partial charge in [-0.05, 0) is 12.1 Å². The quantitative estimate of drug-likeness (QED) is 0.776. The molecule has 0 radical (unpaired) electrons. The Morgan fingerprint density at radius 3 is 2.68 bits per heavy atom. The molecule has 0 spiro atoms. The van der Waals surface area contributed by atoms with Crippen molar-refractivity contribution < 1.29 is 19.1 Å². The van der Waals surface area contributed by atoms with Gasteiger partial charge in [-0.1, -0.05) is 0 Å².